The van der Waals surface area contributed by atoms with Gasteiger partial charge >= 0.3 is 0 Å². The van der Waals surface area contributed by atoms with Crippen LogP contribution in [0.2, 0.25) is 5.02 Å². The number of nitrogens with zero attached hydrogens (tertiary/aromatic N) is 3. The van der Waals surface area contributed by atoms with Gasteiger partial charge in [0.1, 0.15) is 0 Å². The number of halogens is 1. The molecule has 0 saturated heterocycles. The van der Waals surface area contributed by atoms with E-state index < -0.39 is 0 Å². The molecule has 1 aromatic heterocycles. The van der Waals surface area contributed by atoms with Crippen molar-refractivity contribution in [1.82, 2.24) is 10.2 Å². The lowest BCUT2D eigenvalue weighted by atomic mass is 10.2. The Labute approximate surface area is 157 Å². The number of amides is 1. The lowest BCUT2D eigenvalue weighted by Crippen LogP contribution is -2.12. The molecule has 0 fully saturated rings. The Hall–Kier alpha value is -2.40. The van der Waals surface area contributed by atoms with Gasteiger partial charge in [0.15, 0.2) is 4.34 Å². The first-order valence-corrected chi connectivity index (χ1v) is 9.35. The fourth-order valence-corrected chi connectivity index (χ4v) is 3.87. The highest BCUT2D eigenvalue weighted by Crippen LogP contribution is 2.29. The third-order valence-electron chi connectivity index (χ3n) is 3.19. The number of rotatable bonds is 5. The van der Waals surface area contributed by atoms with Crippen LogP contribution in [0.25, 0.3) is 0 Å². The molecule has 3 aromatic rings. The van der Waals surface area contributed by atoms with Crippen LogP contribution in [0.3, 0.4) is 0 Å². The molecule has 0 saturated carbocycles. The molecule has 1 heterocycles. The van der Waals surface area contributed by atoms with Gasteiger partial charge in [-0.2, -0.15) is 5.26 Å². The first-order chi connectivity index (χ1) is 12.2. The topological polar surface area (TPSA) is 78.7 Å². The number of aromatic nitrogens is 2. The lowest BCUT2D eigenvalue weighted by molar-refractivity contribution is 0.102. The van der Waals surface area contributed by atoms with Gasteiger partial charge in [0.2, 0.25) is 5.13 Å². The Morgan fingerprint density at radius 2 is 1.96 bits per heavy atom. The van der Waals surface area contributed by atoms with Crippen LogP contribution in [-0.2, 0) is 5.75 Å². The minimum absolute atomic E-state index is 0.314. The highest BCUT2D eigenvalue weighted by molar-refractivity contribution is 8.00. The molecule has 0 aliphatic heterocycles. The van der Waals surface area contributed by atoms with E-state index in [1.165, 1.54) is 23.1 Å². The van der Waals surface area contributed by atoms with Gasteiger partial charge in [-0.3, -0.25) is 10.1 Å². The predicted octanol–water partition coefficient (Wildman–Crippen LogP) is 4.61. The van der Waals surface area contributed by atoms with Crippen molar-refractivity contribution in [2.45, 2.75) is 10.1 Å². The molecular formula is C17H11ClN4OS2. The van der Waals surface area contributed by atoms with Crippen molar-refractivity contribution in [1.29, 1.82) is 5.26 Å². The van der Waals surface area contributed by atoms with E-state index in [1.807, 2.05) is 12.1 Å². The van der Waals surface area contributed by atoms with E-state index >= 15 is 0 Å². The minimum Gasteiger partial charge on any atom is -0.296 e. The van der Waals surface area contributed by atoms with Crippen molar-refractivity contribution in [2.75, 3.05) is 5.32 Å². The average Bonchev–Trinajstić information content (AvgIpc) is 3.08. The molecule has 0 spiro atoms. The summed E-state index contributed by atoms with van der Waals surface area (Å²) in [6, 6.07) is 16.3. The average molecular weight is 387 g/mol. The van der Waals surface area contributed by atoms with Gasteiger partial charge in [0, 0.05) is 5.75 Å². The largest absolute Gasteiger partial charge is 0.296 e. The SMILES string of the molecule is N#Cc1ccc(CSc2nnc(NC(=O)c3ccccc3Cl)s2)cc1. The maximum Gasteiger partial charge on any atom is 0.259 e. The van der Waals surface area contributed by atoms with E-state index in [-0.39, 0.29) is 5.91 Å². The van der Waals surface area contributed by atoms with Crippen LogP contribution in [0.1, 0.15) is 21.5 Å². The molecule has 25 heavy (non-hydrogen) atoms. The van der Waals surface area contributed by atoms with Gasteiger partial charge in [0.25, 0.3) is 5.91 Å². The fourth-order valence-electron chi connectivity index (χ4n) is 1.95. The highest BCUT2D eigenvalue weighted by atomic mass is 35.5. The zero-order valence-electron chi connectivity index (χ0n) is 12.8. The molecular weight excluding hydrogens is 376 g/mol. The van der Waals surface area contributed by atoms with Gasteiger partial charge in [0.05, 0.1) is 22.2 Å². The van der Waals surface area contributed by atoms with E-state index in [4.69, 9.17) is 16.9 Å². The molecule has 1 N–H and O–H groups in total. The molecule has 3 rings (SSSR count). The van der Waals surface area contributed by atoms with Crippen LogP contribution in [0.15, 0.2) is 52.9 Å². The zero-order chi connectivity index (χ0) is 17.6. The summed E-state index contributed by atoms with van der Waals surface area (Å²) in [6.07, 6.45) is 0. The number of benzene rings is 2. The Morgan fingerprint density at radius 1 is 1.20 bits per heavy atom. The normalized spacial score (nSPS) is 10.2. The summed E-state index contributed by atoms with van der Waals surface area (Å²) in [5.41, 5.74) is 2.11. The zero-order valence-corrected chi connectivity index (χ0v) is 15.2. The molecule has 124 valence electrons. The second-order valence-corrected chi connectivity index (χ2v) is 7.51. The summed E-state index contributed by atoms with van der Waals surface area (Å²) >= 11 is 8.83. The Balaban J connectivity index is 1.59. The van der Waals surface area contributed by atoms with Crippen molar-refractivity contribution < 1.29 is 4.79 Å². The second kappa shape index (κ2) is 8.12. The summed E-state index contributed by atoms with van der Waals surface area (Å²) in [5.74, 6) is 0.393. The van der Waals surface area contributed by atoms with Gasteiger partial charge in [-0.05, 0) is 29.8 Å². The van der Waals surface area contributed by atoms with Gasteiger partial charge in [-0.25, -0.2) is 0 Å². The van der Waals surface area contributed by atoms with Gasteiger partial charge in [-0.15, -0.1) is 10.2 Å². The first kappa shape index (κ1) is 17.4. The fraction of sp³-hybridized carbons (Fsp3) is 0.0588. The van der Waals surface area contributed by atoms with Crippen LogP contribution in [0.5, 0.6) is 0 Å². The number of carbonyl (C=O) groups excluding carboxylic acids is 1. The number of nitriles is 1. The Kier molecular flexibility index (Phi) is 5.66. The van der Waals surface area contributed by atoms with E-state index in [0.29, 0.717) is 27.0 Å². The summed E-state index contributed by atoms with van der Waals surface area (Å²) < 4.78 is 0.749. The van der Waals surface area contributed by atoms with Crippen molar-refractivity contribution in [2.24, 2.45) is 0 Å². The first-order valence-electron chi connectivity index (χ1n) is 7.17. The number of hydrogen-bond acceptors (Lipinski definition) is 6. The summed E-state index contributed by atoms with van der Waals surface area (Å²) in [6.45, 7) is 0. The van der Waals surface area contributed by atoms with Crippen LogP contribution in [0, 0.1) is 11.3 Å². The smallest absolute Gasteiger partial charge is 0.259 e. The molecule has 1 amide bonds. The third-order valence-corrected chi connectivity index (χ3v) is 5.56. The van der Waals surface area contributed by atoms with Crippen molar-refractivity contribution in [3.63, 3.8) is 0 Å². The van der Waals surface area contributed by atoms with E-state index in [2.05, 4.69) is 21.6 Å². The maximum absolute atomic E-state index is 12.2. The van der Waals surface area contributed by atoms with E-state index in [9.17, 15) is 4.79 Å². The van der Waals surface area contributed by atoms with Crippen molar-refractivity contribution >= 4 is 45.7 Å². The Bertz CT molecular complexity index is 934. The third kappa shape index (κ3) is 4.57. The molecule has 0 aliphatic rings. The maximum atomic E-state index is 12.2. The van der Waals surface area contributed by atoms with Crippen LogP contribution in [0.4, 0.5) is 5.13 Å². The number of thioether (sulfide) groups is 1. The molecule has 2 aromatic carbocycles. The van der Waals surface area contributed by atoms with Crippen LogP contribution >= 0.6 is 34.7 Å². The summed E-state index contributed by atoms with van der Waals surface area (Å²) in [5, 5.41) is 20.4. The number of hydrogen-bond donors (Lipinski definition) is 1. The predicted molar refractivity (Wildman–Crippen MR) is 100 cm³/mol. The van der Waals surface area contributed by atoms with Crippen LogP contribution < -0.4 is 5.32 Å². The molecule has 8 heteroatoms. The Morgan fingerprint density at radius 3 is 2.68 bits per heavy atom. The number of nitrogens with one attached hydrogen (secondary N) is 1. The molecule has 0 bridgehead atoms. The lowest BCUT2D eigenvalue weighted by Gasteiger charge is -2.02. The quantitative estimate of drug-likeness (QED) is 0.511. The molecule has 0 aliphatic carbocycles. The molecule has 0 radical (unpaired) electrons. The summed E-state index contributed by atoms with van der Waals surface area (Å²) in [7, 11) is 0. The van der Waals surface area contributed by atoms with Crippen molar-refractivity contribution in [3.8, 4) is 6.07 Å². The van der Waals surface area contributed by atoms with E-state index in [1.54, 1.807) is 36.4 Å². The number of anilines is 1. The van der Waals surface area contributed by atoms with Gasteiger partial charge < -0.3 is 0 Å². The highest BCUT2D eigenvalue weighted by Gasteiger charge is 2.13. The summed E-state index contributed by atoms with van der Waals surface area (Å²) in [4.78, 5) is 12.2. The monoisotopic (exact) mass is 386 g/mol. The standard InChI is InChI=1S/C17H11ClN4OS2/c18-14-4-2-1-3-13(14)15(23)20-16-21-22-17(25-16)24-10-12-7-5-11(9-19)6-8-12/h1-8H,10H2,(H,20,21,23). The number of carbonyl (C=O) groups is 1. The van der Waals surface area contributed by atoms with Crippen molar-refractivity contribution in [3.05, 3.63) is 70.2 Å². The van der Waals surface area contributed by atoms with Gasteiger partial charge in [-0.1, -0.05) is 59.0 Å². The van der Waals surface area contributed by atoms with E-state index in [0.717, 1.165) is 9.90 Å². The second-order valence-electron chi connectivity index (χ2n) is 4.90. The molecule has 0 atom stereocenters. The molecule has 5 nitrogen and oxygen atoms in total. The molecule has 0 unspecified atom stereocenters. The van der Waals surface area contributed by atoms with Crippen LogP contribution in [-0.4, -0.2) is 16.1 Å². The minimum atomic E-state index is -0.314.